The second-order valence-corrected chi connectivity index (χ2v) is 18.8. The molecule has 0 aliphatic carbocycles. The number of ether oxygens (including phenoxy) is 3. The highest BCUT2D eigenvalue weighted by molar-refractivity contribution is 5.71. The molecule has 72 heavy (non-hydrogen) atoms. The van der Waals surface area contributed by atoms with E-state index in [1.807, 2.05) is 0 Å². The van der Waals surface area contributed by atoms with Gasteiger partial charge in [-0.05, 0) is 128 Å². The van der Waals surface area contributed by atoms with E-state index in [-0.39, 0.29) is 37.5 Å². The summed E-state index contributed by atoms with van der Waals surface area (Å²) in [6.45, 7) is 6.34. The molecule has 0 aromatic heterocycles. The van der Waals surface area contributed by atoms with Gasteiger partial charge in [-0.3, -0.25) is 14.4 Å². The molecule has 0 saturated carbocycles. The monoisotopic (exact) mass is 995 g/mol. The van der Waals surface area contributed by atoms with Crippen molar-refractivity contribution >= 4 is 17.9 Å². The average molecular weight is 996 g/mol. The van der Waals surface area contributed by atoms with Gasteiger partial charge in [0, 0.05) is 19.3 Å². The molecule has 0 heterocycles. The number of unbranched alkanes of at least 4 members (excludes halogenated alkanes) is 18. The first-order valence-electron chi connectivity index (χ1n) is 29.2. The lowest BCUT2D eigenvalue weighted by molar-refractivity contribution is -0.167. The fourth-order valence-corrected chi connectivity index (χ4v) is 7.56. The van der Waals surface area contributed by atoms with E-state index in [1.165, 1.54) is 57.8 Å². The number of allylic oxidation sites excluding steroid dienone is 22. The smallest absolute Gasteiger partial charge is 0.306 e. The maximum absolute atomic E-state index is 12.9. The lowest BCUT2D eigenvalue weighted by Gasteiger charge is -2.18. The van der Waals surface area contributed by atoms with Crippen LogP contribution in [0.1, 0.15) is 245 Å². The van der Waals surface area contributed by atoms with Crippen molar-refractivity contribution in [1.29, 1.82) is 0 Å². The molecule has 0 aliphatic rings. The third kappa shape index (κ3) is 56.5. The quantitative estimate of drug-likeness (QED) is 0.0261. The number of carbonyl (C=O) groups is 3. The molecular formula is C66H106O6. The molecule has 406 valence electrons. The van der Waals surface area contributed by atoms with Crippen molar-refractivity contribution < 1.29 is 28.6 Å². The van der Waals surface area contributed by atoms with Gasteiger partial charge in [-0.1, -0.05) is 231 Å². The molecule has 0 bridgehead atoms. The van der Waals surface area contributed by atoms with Crippen LogP contribution in [0.4, 0.5) is 0 Å². The van der Waals surface area contributed by atoms with Crippen molar-refractivity contribution in [2.75, 3.05) is 13.2 Å². The van der Waals surface area contributed by atoms with Crippen LogP contribution in [0.15, 0.2) is 134 Å². The van der Waals surface area contributed by atoms with Gasteiger partial charge in [0.1, 0.15) is 13.2 Å². The third-order valence-corrected chi connectivity index (χ3v) is 11.9. The van der Waals surface area contributed by atoms with E-state index in [1.54, 1.807) is 0 Å². The first-order valence-corrected chi connectivity index (χ1v) is 29.2. The highest BCUT2D eigenvalue weighted by Crippen LogP contribution is 2.13. The van der Waals surface area contributed by atoms with Crippen LogP contribution in [0.5, 0.6) is 0 Å². The Morgan fingerprint density at radius 3 is 0.917 bits per heavy atom. The lowest BCUT2D eigenvalue weighted by atomic mass is 10.1. The van der Waals surface area contributed by atoms with Crippen molar-refractivity contribution in [2.24, 2.45) is 0 Å². The largest absolute Gasteiger partial charge is 0.462 e. The summed E-state index contributed by atoms with van der Waals surface area (Å²) >= 11 is 0. The molecule has 0 rings (SSSR count). The summed E-state index contributed by atoms with van der Waals surface area (Å²) in [7, 11) is 0. The molecule has 0 fully saturated rings. The molecule has 0 aromatic carbocycles. The van der Waals surface area contributed by atoms with Gasteiger partial charge in [0.2, 0.25) is 0 Å². The topological polar surface area (TPSA) is 78.9 Å². The van der Waals surface area contributed by atoms with Crippen LogP contribution in [-0.4, -0.2) is 37.2 Å². The number of rotatable bonds is 51. The van der Waals surface area contributed by atoms with E-state index in [9.17, 15) is 14.4 Å². The van der Waals surface area contributed by atoms with Gasteiger partial charge in [0.15, 0.2) is 6.10 Å². The Bertz CT molecular complexity index is 1560. The van der Waals surface area contributed by atoms with E-state index in [4.69, 9.17) is 14.2 Å². The standard InChI is InChI=1S/C66H106O6/c1-4-7-10-13-16-19-22-25-28-30-31-32-33-34-35-36-39-41-44-47-50-53-56-59-65(68)71-62-63(61-70-64(67)58-55-52-49-46-43-40-37-27-24-21-18-15-12-9-6-3)72-66(69)60-57-54-51-48-45-42-38-29-26-23-20-17-14-11-8-5-2/h7,9-10,12,16,18-19,21,25,27-29,31-32,34-35,37-39,41,47,50,63H,4-6,8,11,13-15,17,20,22-24,26,30,33,36,40,42-46,48-49,51-62H2,1-3H3/b10-7-,12-9-,19-16-,21-18-,28-25-,32-31-,35-34-,37-27-,38-29-,41-39-,50-47-. The minimum absolute atomic E-state index is 0.112. The van der Waals surface area contributed by atoms with Gasteiger partial charge in [0.25, 0.3) is 0 Å². The van der Waals surface area contributed by atoms with Gasteiger partial charge in [-0.2, -0.15) is 0 Å². The van der Waals surface area contributed by atoms with Gasteiger partial charge >= 0.3 is 17.9 Å². The second-order valence-electron chi connectivity index (χ2n) is 18.8. The van der Waals surface area contributed by atoms with E-state index < -0.39 is 6.10 Å². The Morgan fingerprint density at radius 1 is 0.292 bits per heavy atom. The number of carbonyl (C=O) groups excluding carboxylic acids is 3. The average Bonchev–Trinajstić information content (AvgIpc) is 3.38. The Kier molecular flexibility index (Phi) is 55.5. The summed E-state index contributed by atoms with van der Waals surface area (Å²) in [5.74, 6) is -1.00. The van der Waals surface area contributed by atoms with Crippen LogP contribution in [0.3, 0.4) is 0 Å². The van der Waals surface area contributed by atoms with E-state index in [2.05, 4.69) is 154 Å². The molecule has 1 atom stereocenters. The van der Waals surface area contributed by atoms with Crippen LogP contribution in [0.25, 0.3) is 0 Å². The predicted molar refractivity (Wildman–Crippen MR) is 311 cm³/mol. The van der Waals surface area contributed by atoms with Crippen molar-refractivity contribution in [1.82, 2.24) is 0 Å². The summed E-state index contributed by atoms with van der Waals surface area (Å²) in [4.78, 5) is 38.2. The Hall–Kier alpha value is -4.45. The number of esters is 3. The predicted octanol–water partition coefficient (Wildman–Crippen LogP) is 19.8. The maximum atomic E-state index is 12.9. The van der Waals surface area contributed by atoms with E-state index in [0.29, 0.717) is 19.3 Å². The van der Waals surface area contributed by atoms with Crippen LogP contribution < -0.4 is 0 Å². The van der Waals surface area contributed by atoms with Crippen LogP contribution in [0.2, 0.25) is 0 Å². The third-order valence-electron chi connectivity index (χ3n) is 11.9. The molecule has 0 radical (unpaired) electrons. The van der Waals surface area contributed by atoms with Crippen LogP contribution in [0, 0.1) is 0 Å². The first-order chi connectivity index (χ1) is 35.5. The Labute approximate surface area is 443 Å². The SMILES string of the molecule is CC/C=C\C/C=C\C/C=C\C/C=C\C/C=C\C/C=C\C/C=C\CCCC(=O)OCC(COC(=O)CCCCCCC/C=C\C/C=C\C/C=C\CC)OC(=O)CCCCCCC/C=C\CCCCCCCCC. The van der Waals surface area contributed by atoms with E-state index in [0.717, 1.165) is 141 Å². The fourth-order valence-electron chi connectivity index (χ4n) is 7.56. The van der Waals surface area contributed by atoms with E-state index >= 15 is 0 Å². The van der Waals surface area contributed by atoms with Crippen molar-refractivity contribution in [3.63, 3.8) is 0 Å². The molecular weight excluding hydrogens is 889 g/mol. The summed E-state index contributed by atoms with van der Waals surface area (Å²) in [6.07, 6.45) is 83.0. The molecule has 0 aromatic rings. The van der Waals surface area contributed by atoms with Gasteiger partial charge < -0.3 is 14.2 Å². The fraction of sp³-hybridized carbons (Fsp3) is 0.621. The molecule has 6 nitrogen and oxygen atoms in total. The van der Waals surface area contributed by atoms with Crippen molar-refractivity contribution in [3.05, 3.63) is 134 Å². The number of hydrogen-bond donors (Lipinski definition) is 0. The number of hydrogen-bond acceptors (Lipinski definition) is 6. The highest BCUT2D eigenvalue weighted by atomic mass is 16.6. The van der Waals surface area contributed by atoms with Gasteiger partial charge in [-0.15, -0.1) is 0 Å². The second kappa shape index (κ2) is 59.1. The normalized spacial score (nSPS) is 13.1. The zero-order valence-electron chi connectivity index (χ0n) is 46.4. The maximum Gasteiger partial charge on any atom is 0.306 e. The van der Waals surface area contributed by atoms with Crippen LogP contribution in [-0.2, 0) is 28.6 Å². The summed E-state index contributed by atoms with van der Waals surface area (Å²) in [6, 6.07) is 0. The summed E-state index contributed by atoms with van der Waals surface area (Å²) in [5, 5.41) is 0. The molecule has 0 spiro atoms. The molecule has 1 unspecified atom stereocenters. The lowest BCUT2D eigenvalue weighted by Crippen LogP contribution is -2.30. The molecule has 0 amide bonds. The summed E-state index contributed by atoms with van der Waals surface area (Å²) < 4.78 is 16.8. The zero-order valence-corrected chi connectivity index (χ0v) is 46.4. The van der Waals surface area contributed by atoms with Crippen molar-refractivity contribution in [3.8, 4) is 0 Å². The van der Waals surface area contributed by atoms with Crippen LogP contribution >= 0.6 is 0 Å². The van der Waals surface area contributed by atoms with Gasteiger partial charge in [-0.25, -0.2) is 0 Å². The minimum Gasteiger partial charge on any atom is -0.462 e. The summed E-state index contributed by atoms with van der Waals surface area (Å²) in [5.41, 5.74) is 0. The molecule has 0 saturated heterocycles. The van der Waals surface area contributed by atoms with Gasteiger partial charge in [0.05, 0.1) is 0 Å². The Morgan fingerprint density at radius 2 is 0.556 bits per heavy atom. The zero-order chi connectivity index (χ0) is 52.2. The molecule has 0 aliphatic heterocycles. The molecule has 6 heteroatoms. The highest BCUT2D eigenvalue weighted by Gasteiger charge is 2.19. The van der Waals surface area contributed by atoms with Crippen molar-refractivity contribution in [2.45, 2.75) is 252 Å². The Balaban J connectivity index is 4.53. The minimum atomic E-state index is -0.819. The molecule has 0 N–H and O–H groups in total. The first kappa shape index (κ1) is 67.5.